The van der Waals surface area contributed by atoms with Gasteiger partial charge in [0.2, 0.25) is 0 Å². The Hall–Kier alpha value is -0.870. The first kappa shape index (κ1) is 16.2. The van der Waals surface area contributed by atoms with Gasteiger partial charge in [-0.1, -0.05) is 20.8 Å². The Morgan fingerprint density at radius 1 is 1.32 bits per heavy atom. The van der Waals surface area contributed by atoms with Gasteiger partial charge in [0, 0.05) is 31.8 Å². The van der Waals surface area contributed by atoms with Crippen LogP contribution in [0.5, 0.6) is 0 Å². The van der Waals surface area contributed by atoms with Crippen molar-refractivity contribution in [3.05, 3.63) is 17.5 Å². The largest absolute Gasteiger partial charge is 0.377 e. The highest BCUT2D eigenvalue weighted by molar-refractivity contribution is 5.12. The van der Waals surface area contributed by atoms with Crippen molar-refractivity contribution in [2.24, 2.45) is 7.05 Å². The van der Waals surface area contributed by atoms with Crippen molar-refractivity contribution in [3.8, 4) is 0 Å². The van der Waals surface area contributed by atoms with E-state index >= 15 is 0 Å². The van der Waals surface area contributed by atoms with Crippen LogP contribution in [0.15, 0.2) is 6.07 Å². The predicted molar refractivity (Wildman–Crippen MR) is 79.5 cm³/mol. The molecule has 1 heterocycles. The second-order valence-corrected chi connectivity index (χ2v) is 4.87. The highest BCUT2D eigenvalue weighted by Gasteiger charge is 2.21. The lowest BCUT2D eigenvalue weighted by atomic mass is 10.0. The molecule has 1 N–H and O–H groups in total. The van der Waals surface area contributed by atoms with Gasteiger partial charge in [-0.2, -0.15) is 5.10 Å². The maximum atomic E-state index is 5.86. The van der Waals surface area contributed by atoms with Crippen LogP contribution in [-0.4, -0.2) is 35.1 Å². The first-order valence-corrected chi connectivity index (χ1v) is 7.52. The number of nitrogens with zero attached hydrogens (tertiary/aromatic N) is 2. The summed E-state index contributed by atoms with van der Waals surface area (Å²) in [5, 5.41) is 8.08. The minimum absolute atomic E-state index is 0.268. The molecule has 0 spiro atoms. The number of nitrogens with one attached hydrogen (secondary N) is 1. The molecule has 1 aromatic rings. The molecule has 2 unspecified atom stereocenters. The van der Waals surface area contributed by atoms with Crippen molar-refractivity contribution in [1.82, 2.24) is 15.1 Å². The maximum absolute atomic E-state index is 5.86. The Morgan fingerprint density at radius 3 is 2.53 bits per heavy atom. The molecule has 0 aliphatic rings. The summed E-state index contributed by atoms with van der Waals surface area (Å²) in [4.78, 5) is 0. The van der Waals surface area contributed by atoms with Gasteiger partial charge >= 0.3 is 0 Å². The molecule has 0 amide bonds. The van der Waals surface area contributed by atoms with Crippen LogP contribution in [0.2, 0.25) is 0 Å². The topological polar surface area (TPSA) is 39.1 Å². The van der Waals surface area contributed by atoms with Gasteiger partial charge in [-0.25, -0.2) is 0 Å². The lowest BCUT2D eigenvalue weighted by Gasteiger charge is -2.26. The zero-order valence-electron chi connectivity index (χ0n) is 13.1. The van der Waals surface area contributed by atoms with E-state index in [0.29, 0.717) is 6.04 Å². The molecule has 110 valence electrons. The van der Waals surface area contributed by atoms with Crippen LogP contribution in [0.25, 0.3) is 0 Å². The summed E-state index contributed by atoms with van der Waals surface area (Å²) < 4.78 is 7.86. The summed E-state index contributed by atoms with van der Waals surface area (Å²) in [7, 11) is 2.03. The molecule has 0 aliphatic heterocycles. The molecule has 19 heavy (non-hydrogen) atoms. The number of hydrogen-bond donors (Lipinski definition) is 1. The highest BCUT2D eigenvalue weighted by Crippen LogP contribution is 2.13. The van der Waals surface area contributed by atoms with E-state index in [-0.39, 0.29) is 6.10 Å². The zero-order valence-corrected chi connectivity index (χ0v) is 13.1. The predicted octanol–water partition coefficient (Wildman–Crippen LogP) is 2.32. The quantitative estimate of drug-likeness (QED) is 0.746. The van der Waals surface area contributed by atoms with Crippen LogP contribution >= 0.6 is 0 Å². The first-order valence-electron chi connectivity index (χ1n) is 7.52. The number of rotatable bonds is 9. The standard InChI is InChI=1S/C15H29N3O/c1-6-12-10-13(18(5)17-12)11-14(16-8-3)15(7-2)19-9-4/h10,14-16H,6-9,11H2,1-5H3. The molecule has 0 aliphatic carbocycles. The third-order valence-electron chi connectivity index (χ3n) is 3.52. The van der Waals surface area contributed by atoms with Crippen LogP contribution in [0.4, 0.5) is 0 Å². The summed E-state index contributed by atoms with van der Waals surface area (Å²) in [6.07, 6.45) is 3.26. The van der Waals surface area contributed by atoms with Crippen molar-refractivity contribution in [3.63, 3.8) is 0 Å². The lowest BCUT2D eigenvalue weighted by molar-refractivity contribution is 0.0319. The normalized spacial score (nSPS) is 14.6. The average molecular weight is 267 g/mol. The van der Waals surface area contributed by atoms with Gasteiger partial charge in [-0.15, -0.1) is 0 Å². The number of ether oxygens (including phenoxy) is 1. The van der Waals surface area contributed by atoms with E-state index in [0.717, 1.165) is 38.1 Å². The van der Waals surface area contributed by atoms with E-state index in [9.17, 15) is 0 Å². The first-order chi connectivity index (χ1) is 9.15. The molecule has 2 atom stereocenters. The summed E-state index contributed by atoms with van der Waals surface area (Å²) in [5.41, 5.74) is 2.44. The molecular formula is C15H29N3O. The van der Waals surface area contributed by atoms with Crippen LogP contribution in [0.3, 0.4) is 0 Å². The molecule has 0 fully saturated rings. The molecular weight excluding hydrogens is 238 g/mol. The fourth-order valence-electron chi connectivity index (χ4n) is 2.49. The van der Waals surface area contributed by atoms with E-state index in [1.54, 1.807) is 0 Å². The van der Waals surface area contributed by atoms with Gasteiger partial charge in [0.05, 0.1) is 11.8 Å². The lowest BCUT2D eigenvalue weighted by Crippen LogP contribution is -2.43. The van der Waals surface area contributed by atoms with Gasteiger partial charge in [-0.3, -0.25) is 4.68 Å². The van der Waals surface area contributed by atoms with Gasteiger partial charge in [-0.05, 0) is 32.4 Å². The Morgan fingerprint density at radius 2 is 2.05 bits per heavy atom. The molecule has 0 radical (unpaired) electrons. The van der Waals surface area contributed by atoms with Gasteiger partial charge in [0.1, 0.15) is 0 Å². The summed E-state index contributed by atoms with van der Waals surface area (Å²) in [6, 6.07) is 2.57. The monoisotopic (exact) mass is 267 g/mol. The van der Waals surface area contributed by atoms with E-state index < -0.39 is 0 Å². The average Bonchev–Trinajstić information content (AvgIpc) is 2.76. The fraction of sp³-hybridized carbons (Fsp3) is 0.800. The summed E-state index contributed by atoms with van der Waals surface area (Å²) >= 11 is 0. The van der Waals surface area contributed by atoms with E-state index in [4.69, 9.17) is 4.74 Å². The SMILES string of the molecule is CCNC(Cc1cc(CC)nn1C)C(CC)OCC. The van der Waals surface area contributed by atoms with E-state index in [2.05, 4.69) is 44.2 Å². The smallest absolute Gasteiger partial charge is 0.0729 e. The third kappa shape index (κ3) is 4.62. The van der Waals surface area contributed by atoms with E-state index in [1.807, 2.05) is 11.7 Å². The molecule has 4 nitrogen and oxygen atoms in total. The molecule has 1 aromatic heterocycles. The van der Waals surface area contributed by atoms with Crippen molar-refractivity contribution >= 4 is 0 Å². The maximum Gasteiger partial charge on any atom is 0.0729 e. The van der Waals surface area contributed by atoms with Crippen LogP contribution in [-0.2, 0) is 24.6 Å². The Labute approximate surface area is 117 Å². The third-order valence-corrected chi connectivity index (χ3v) is 3.52. The van der Waals surface area contributed by atoms with Crippen molar-refractivity contribution in [1.29, 1.82) is 0 Å². The van der Waals surface area contributed by atoms with Crippen LogP contribution in [0, 0.1) is 0 Å². The van der Waals surface area contributed by atoms with Gasteiger partial charge in [0.25, 0.3) is 0 Å². The number of likely N-dealkylation sites (N-methyl/N-ethyl adjacent to an activating group) is 1. The van der Waals surface area contributed by atoms with E-state index in [1.165, 1.54) is 5.69 Å². The molecule has 0 saturated heterocycles. The summed E-state index contributed by atoms with van der Waals surface area (Å²) in [6.45, 7) is 10.3. The second-order valence-electron chi connectivity index (χ2n) is 4.87. The molecule has 0 bridgehead atoms. The number of aromatic nitrogens is 2. The fourth-order valence-corrected chi connectivity index (χ4v) is 2.49. The van der Waals surface area contributed by atoms with Crippen molar-refractivity contribution < 1.29 is 4.74 Å². The molecule has 0 saturated carbocycles. The van der Waals surface area contributed by atoms with Crippen LogP contribution < -0.4 is 5.32 Å². The molecule has 4 heteroatoms. The number of hydrogen-bond acceptors (Lipinski definition) is 3. The van der Waals surface area contributed by atoms with Crippen molar-refractivity contribution in [2.75, 3.05) is 13.2 Å². The minimum atomic E-state index is 0.268. The Balaban J connectivity index is 2.78. The van der Waals surface area contributed by atoms with Gasteiger partial charge < -0.3 is 10.1 Å². The molecule has 1 rings (SSSR count). The Kier molecular flexibility index (Phi) is 7.10. The summed E-state index contributed by atoms with van der Waals surface area (Å²) in [5.74, 6) is 0. The molecule has 0 aromatic carbocycles. The number of aryl methyl sites for hydroxylation is 2. The van der Waals surface area contributed by atoms with Crippen molar-refractivity contribution in [2.45, 2.75) is 59.1 Å². The van der Waals surface area contributed by atoms with Crippen LogP contribution in [0.1, 0.15) is 45.5 Å². The Bertz CT molecular complexity index is 362. The zero-order chi connectivity index (χ0) is 14.3. The van der Waals surface area contributed by atoms with Gasteiger partial charge in [0.15, 0.2) is 0 Å². The second kappa shape index (κ2) is 8.33. The highest BCUT2D eigenvalue weighted by atomic mass is 16.5. The minimum Gasteiger partial charge on any atom is -0.377 e.